The fraction of sp³-hybridized carbons (Fsp3) is 0.222. The first-order valence-corrected chi connectivity index (χ1v) is 7.42. The van der Waals surface area contributed by atoms with Crippen LogP contribution >= 0.6 is 0 Å². The van der Waals surface area contributed by atoms with Gasteiger partial charge in [-0.3, -0.25) is 4.79 Å². The lowest BCUT2D eigenvalue weighted by atomic mass is 10.1. The molecule has 0 fully saturated rings. The Labute approximate surface area is 135 Å². The van der Waals surface area contributed by atoms with Gasteiger partial charge in [0.05, 0.1) is 24.9 Å². The molecule has 0 aliphatic carbocycles. The fourth-order valence-electron chi connectivity index (χ4n) is 2.15. The number of amides is 1. The van der Waals surface area contributed by atoms with Crippen LogP contribution in [0.2, 0.25) is 0 Å². The fourth-order valence-corrected chi connectivity index (χ4v) is 2.15. The predicted molar refractivity (Wildman–Crippen MR) is 89.4 cm³/mol. The van der Waals surface area contributed by atoms with Gasteiger partial charge >= 0.3 is 5.97 Å². The van der Waals surface area contributed by atoms with Gasteiger partial charge in [-0.1, -0.05) is 42.5 Å². The molecule has 2 aromatic rings. The number of methoxy groups -OCH3 is 1. The number of para-hydroxylation sites is 1. The Morgan fingerprint density at radius 3 is 2.43 bits per heavy atom. The zero-order chi connectivity index (χ0) is 16.5. The third-order valence-corrected chi connectivity index (χ3v) is 3.33. The maximum Gasteiger partial charge on any atom is 0.339 e. The van der Waals surface area contributed by atoms with E-state index in [0.717, 1.165) is 6.42 Å². The summed E-state index contributed by atoms with van der Waals surface area (Å²) in [7, 11) is 1.31. The van der Waals surface area contributed by atoms with Gasteiger partial charge in [-0.05, 0) is 30.7 Å². The van der Waals surface area contributed by atoms with Crippen molar-refractivity contribution in [2.75, 3.05) is 25.5 Å². The number of hydrogen-bond acceptors (Lipinski definition) is 4. The molecule has 2 rings (SSSR count). The van der Waals surface area contributed by atoms with Crippen LogP contribution in [0.4, 0.5) is 5.69 Å². The van der Waals surface area contributed by atoms with Crippen molar-refractivity contribution in [3.8, 4) is 0 Å². The summed E-state index contributed by atoms with van der Waals surface area (Å²) in [4.78, 5) is 23.6. The minimum atomic E-state index is -0.474. The van der Waals surface area contributed by atoms with Gasteiger partial charge in [0.15, 0.2) is 0 Å². The Kier molecular flexibility index (Phi) is 6.32. The van der Waals surface area contributed by atoms with E-state index in [9.17, 15) is 9.59 Å². The standard InChI is InChI=1S/C18H20N2O3/c1-23-18(22)15-9-5-6-10-16(15)20-17(21)13-19-12-11-14-7-3-2-4-8-14/h2-10,19H,11-13H2,1H3,(H,20,21). The highest BCUT2D eigenvalue weighted by atomic mass is 16.5. The molecule has 0 spiro atoms. The zero-order valence-corrected chi connectivity index (χ0v) is 13.0. The van der Waals surface area contributed by atoms with Crippen molar-refractivity contribution < 1.29 is 14.3 Å². The lowest BCUT2D eigenvalue weighted by Crippen LogP contribution is -2.30. The van der Waals surface area contributed by atoms with Gasteiger partial charge in [-0.25, -0.2) is 4.79 Å². The van der Waals surface area contributed by atoms with Crippen LogP contribution < -0.4 is 10.6 Å². The number of anilines is 1. The summed E-state index contributed by atoms with van der Waals surface area (Å²) in [5, 5.41) is 5.81. The molecule has 2 N–H and O–H groups in total. The van der Waals surface area contributed by atoms with E-state index in [1.807, 2.05) is 30.3 Å². The number of ether oxygens (including phenoxy) is 1. The number of benzene rings is 2. The third kappa shape index (κ3) is 5.23. The molecule has 0 heterocycles. The Bertz CT molecular complexity index is 656. The van der Waals surface area contributed by atoms with Crippen molar-refractivity contribution in [2.45, 2.75) is 6.42 Å². The smallest absolute Gasteiger partial charge is 0.339 e. The first kappa shape index (κ1) is 16.7. The summed E-state index contributed by atoms with van der Waals surface area (Å²) in [6.07, 6.45) is 0.854. The summed E-state index contributed by atoms with van der Waals surface area (Å²) >= 11 is 0. The predicted octanol–water partition coefficient (Wildman–Crippen LogP) is 2.24. The minimum absolute atomic E-state index is 0.183. The highest BCUT2D eigenvalue weighted by Gasteiger charge is 2.12. The summed E-state index contributed by atoms with van der Waals surface area (Å²) in [6, 6.07) is 16.8. The number of rotatable bonds is 7. The second-order valence-electron chi connectivity index (χ2n) is 5.00. The maximum atomic E-state index is 12.0. The van der Waals surface area contributed by atoms with Crippen LogP contribution in [0, 0.1) is 0 Å². The van der Waals surface area contributed by atoms with E-state index in [4.69, 9.17) is 4.74 Å². The Morgan fingerprint density at radius 2 is 1.70 bits per heavy atom. The first-order chi connectivity index (χ1) is 11.2. The molecule has 5 nitrogen and oxygen atoms in total. The molecule has 1 amide bonds. The van der Waals surface area contributed by atoms with E-state index in [1.165, 1.54) is 12.7 Å². The molecule has 5 heteroatoms. The van der Waals surface area contributed by atoms with Gasteiger partial charge in [0.2, 0.25) is 5.91 Å². The second-order valence-corrected chi connectivity index (χ2v) is 5.00. The van der Waals surface area contributed by atoms with Gasteiger partial charge in [0, 0.05) is 0 Å². The number of hydrogen-bond donors (Lipinski definition) is 2. The number of carbonyl (C=O) groups excluding carboxylic acids is 2. The van der Waals surface area contributed by atoms with Crippen molar-refractivity contribution in [1.29, 1.82) is 0 Å². The Balaban J connectivity index is 1.80. The quantitative estimate of drug-likeness (QED) is 0.608. The SMILES string of the molecule is COC(=O)c1ccccc1NC(=O)CNCCc1ccccc1. The normalized spacial score (nSPS) is 10.1. The molecular weight excluding hydrogens is 292 g/mol. The largest absolute Gasteiger partial charge is 0.465 e. The third-order valence-electron chi connectivity index (χ3n) is 3.33. The molecule has 0 aliphatic rings. The van der Waals surface area contributed by atoms with Crippen LogP contribution in [-0.4, -0.2) is 32.1 Å². The van der Waals surface area contributed by atoms with E-state index in [1.54, 1.807) is 24.3 Å². The topological polar surface area (TPSA) is 67.4 Å². The van der Waals surface area contributed by atoms with Crippen molar-refractivity contribution in [1.82, 2.24) is 5.32 Å². The van der Waals surface area contributed by atoms with Crippen molar-refractivity contribution >= 4 is 17.6 Å². The summed E-state index contributed by atoms with van der Waals surface area (Å²) in [5.74, 6) is -0.674. The molecule has 0 bridgehead atoms. The van der Waals surface area contributed by atoms with Crippen molar-refractivity contribution in [2.24, 2.45) is 0 Å². The summed E-state index contributed by atoms with van der Waals surface area (Å²) in [6.45, 7) is 0.887. The number of nitrogens with one attached hydrogen (secondary N) is 2. The van der Waals surface area contributed by atoms with Crippen LogP contribution in [0.25, 0.3) is 0 Å². The van der Waals surface area contributed by atoms with Crippen molar-refractivity contribution in [3.05, 3.63) is 65.7 Å². The Hall–Kier alpha value is -2.66. The van der Waals surface area contributed by atoms with Gasteiger partial charge in [-0.2, -0.15) is 0 Å². The van der Waals surface area contributed by atoms with Crippen LogP contribution in [0.5, 0.6) is 0 Å². The molecule has 0 radical (unpaired) electrons. The van der Waals surface area contributed by atoms with Crippen LogP contribution in [0.15, 0.2) is 54.6 Å². The second kappa shape index (κ2) is 8.70. The molecule has 0 saturated carbocycles. The number of esters is 1. The lowest BCUT2D eigenvalue weighted by molar-refractivity contribution is -0.115. The molecule has 2 aromatic carbocycles. The van der Waals surface area contributed by atoms with Crippen LogP contribution in [-0.2, 0) is 16.0 Å². The molecule has 0 atom stereocenters. The maximum absolute atomic E-state index is 12.0. The summed E-state index contributed by atoms with van der Waals surface area (Å²) < 4.78 is 4.70. The minimum Gasteiger partial charge on any atom is -0.465 e. The average molecular weight is 312 g/mol. The van der Waals surface area contributed by atoms with E-state index in [0.29, 0.717) is 17.8 Å². The van der Waals surface area contributed by atoms with E-state index < -0.39 is 5.97 Å². The van der Waals surface area contributed by atoms with Gasteiger partial charge in [0.1, 0.15) is 0 Å². The van der Waals surface area contributed by atoms with Crippen molar-refractivity contribution in [3.63, 3.8) is 0 Å². The van der Waals surface area contributed by atoms with Gasteiger partial charge < -0.3 is 15.4 Å². The molecule has 0 saturated heterocycles. The molecular formula is C18H20N2O3. The molecule has 0 aromatic heterocycles. The van der Waals surface area contributed by atoms with Gasteiger partial charge in [-0.15, -0.1) is 0 Å². The monoisotopic (exact) mass is 312 g/mol. The van der Waals surface area contributed by atoms with E-state index in [-0.39, 0.29) is 12.5 Å². The molecule has 120 valence electrons. The first-order valence-electron chi connectivity index (χ1n) is 7.42. The highest BCUT2D eigenvalue weighted by molar-refractivity contribution is 6.01. The molecule has 0 unspecified atom stereocenters. The average Bonchev–Trinajstić information content (AvgIpc) is 2.59. The molecule has 23 heavy (non-hydrogen) atoms. The van der Waals surface area contributed by atoms with Crippen LogP contribution in [0.1, 0.15) is 15.9 Å². The summed E-state index contributed by atoms with van der Waals surface area (Å²) in [5.41, 5.74) is 2.01. The van der Waals surface area contributed by atoms with Gasteiger partial charge in [0.25, 0.3) is 0 Å². The van der Waals surface area contributed by atoms with E-state index >= 15 is 0 Å². The highest BCUT2D eigenvalue weighted by Crippen LogP contribution is 2.15. The number of carbonyl (C=O) groups is 2. The zero-order valence-electron chi connectivity index (χ0n) is 13.0. The van der Waals surface area contributed by atoms with Crippen LogP contribution in [0.3, 0.4) is 0 Å². The Morgan fingerprint density at radius 1 is 1.00 bits per heavy atom. The van der Waals surface area contributed by atoms with E-state index in [2.05, 4.69) is 10.6 Å². The lowest BCUT2D eigenvalue weighted by Gasteiger charge is -2.10. The molecule has 0 aliphatic heterocycles.